The minimum Gasteiger partial charge on any atom is -0.460 e. The van der Waals surface area contributed by atoms with Gasteiger partial charge in [-0.3, -0.25) is 13.2 Å². The second-order valence-electron chi connectivity index (χ2n) is 10.4. The van der Waals surface area contributed by atoms with E-state index < -0.39 is 28.6 Å². The van der Waals surface area contributed by atoms with Crippen molar-refractivity contribution in [2.75, 3.05) is 13.2 Å². The number of ether oxygens (including phenoxy) is 2. The number of allylic oxidation sites excluding steroid dienone is 1. The molecule has 1 atom stereocenters. The van der Waals surface area contributed by atoms with Gasteiger partial charge in [0.1, 0.15) is 19.8 Å². The molecule has 2 aromatic carbocycles. The topological polar surface area (TPSA) is 106 Å². The zero-order valence-corrected chi connectivity index (χ0v) is 28.0. The summed E-state index contributed by atoms with van der Waals surface area (Å²) in [5, 5.41) is 1.66. The van der Waals surface area contributed by atoms with Crippen LogP contribution in [-0.4, -0.2) is 34.7 Å². The molecule has 10 heteroatoms. The van der Waals surface area contributed by atoms with Gasteiger partial charge in [0.2, 0.25) is 6.10 Å². The number of carbonyl (C=O) groups excluding carboxylic acids is 2. The third-order valence-electron chi connectivity index (χ3n) is 7.69. The van der Waals surface area contributed by atoms with E-state index in [0.717, 1.165) is 22.2 Å². The number of hydrogen-bond donors (Lipinski definition) is 0. The van der Waals surface area contributed by atoms with Gasteiger partial charge in [0, 0.05) is 17.2 Å². The number of rotatable bonds is 10. The fourth-order valence-corrected chi connectivity index (χ4v) is 8.16. The zero-order chi connectivity index (χ0) is 34.3. The summed E-state index contributed by atoms with van der Waals surface area (Å²) < 4.78 is 25.8. The van der Waals surface area contributed by atoms with Crippen molar-refractivity contribution in [3.05, 3.63) is 136 Å². The summed E-state index contributed by atoms with van der Waals surface area (Å²) >= 11 is 0. The van der Waals surface area contributed by atoms with Crippen molar-refractivity contribution >= 4 is 34.7 Å². The maximum atomic E-state index is 14.0. The van der Waals surface area contributed by atoms with E-state index in [-0.39, 0.29) is 25.4 Å². The number of hydrogen-bond acceptors (Lipinski definition) is 8. The van der Waals surface area contributed by atoms with Gasteiger partial charge in [-0.05, 0) is 54.6 Å². The first-order chi connectivity index (χ1) is 23.4. The summed E-state index contributed by atoms with van der Waals surface area (Å²) in [5.74, 6) is -1.24. The highest BCUT2D eigenvalue weighted by Gasteiger charge is 2.41. The first kappa shape index (κ1) is 34.3. The first-order valence-corrected chi connectivity index (χ1v) is 17.2. The van der Waals surface area contributed by atoms with Crippen molar-refractivity contribution < 1.29 is 27.4 Å². The number of aromatic nitrogens is 2. The summed E-state index contributed by atoms with van der Waals surface area (Å²) in [6, 6.07) is 22.3. The summed E-state index contributed by atoms with van der Waals surface area (Å²) in [4.78, 5) is 45.6. The van der Waals surface area contributed by atoms with Gasteiger partial charge >= 0.3 is 11.9 Å². The Morgan fingerprint density at radius 3 is 2.29 bits per heavy atom. The Kier molecular flexibility index (Phi) is 10.9. The zero-order valence-electron chi connectivity index (χ0n) is 27.2. The molecule has 0 radical (unpaired) electrons. The van der Waals surface area contributed by atoms with Crippen LogP contribution >= 0.6 is 10.6 Å². The predicted octanol–water partition coefficient (Wildman–Crippen LogP) is 5.68. The van der Waals surface area contributed by atoms with Crippen molar-refractivity contribution in [1.29, 1.82) is 0 Å². The van der Waals surface area contributed by atoms with Crippen molar-refractivity contribution in [2.45, 2.75) is 49.8 Å². The molecule has 48 heavy (non-hydrogen) atoms. The number of esters is 2. The number of pyridine rings is 2. The molecule has 0 amide bonds. The van der Waals surface area contributed by atoms with Crippen LogP contribution in [-0.2, 0) is 40.6 Å². The van der Waals surface area contributed by atoms with Gasteiger partial charge in [-0.25, -0.2) is 14.6 Å². The second kappa shape index (κ2) is 15.2. The van der Waals surface area contributed by atoms with Crippen LogP contribution in [0, 0.1) is 0 Å². The van der Waals surface area contributed by atoms with Crippen LogP contribution in [0.3, 0.4) is 0 Å². The van der Waals surface area contributed by atoms with Crippen molar-refractivity contribution in [3.8, 4) is 11.4 Å². The summed E-state index contributed by atoms with van der Waals surface area (Å²) in [6.07, 6.45) is 5.22. The molecule has 0 saturated carbocycles. The number of nitrogens with zero attached hydrogens (tertiary/aromatic N) is 2. The fourth-order valence-electron chi connectivity index (χ4n) is 5.55. The largest absolute Gasteiger partial charge is 0.460 e. The summed E-state index contributed by atoms with van der Waals surface area (Å²) in [7, 11) is -2.91. The van der Waals surface area contributed by atoms with Crippen LogP contribution in [0.1, 0.15) is 43.6 Å². The molecule has 9 nitrogen and oxygen atoms in total. The molecule has 6 rings (SSSR count). The standard InChI is InChI=1S/C36H32N2O7S.C2H6/c1-4-13-30-24(5-2)20-25-22-38-31(33(25)37-30)21-28-29(35(38)40)23-43-36(41)34(28)45-46(26-14-9-7-10-15-26,27-16-11-8-12-17-27)44-19-18-42-32(39)6-3;1-2/h4-17,20-21,34H,1,3,18-19,22-23H2,2H3;1-2H3/b24-5-,30-13+;. The minimum absolute atomic E-state index is 0.0448. The van der Waals surface area contributed by atoms with Crippen molar-refractivity contribution in [2.24, 2.45) is 0 Å². The molecule has 0 saturated heterocycles. The Morgan fingerprint density at radius 2 is 1.69 bits per heavy atom. The van der Waals surface area contributed by atoms with Gasteiger partial charge in [0.05, 0.1) is 38.6 Å². The lowest BCUT2D eigenvalue weighted by molar-refractivity contribution is -0.155. The molecule has 0 aliphatic carbocycles. The molecule has 0 spiro atoms. The van der Waals surface area contributed by atoms with E-state index >= 15 is 0 Å². The van der Waals surface area contributed by atoms with Gasteiger partial charge in [0.15, 0.2) is 0 Å². The molecule has 0 bridgehead atoms. The van der Waals surface area contributed by atoms with Crippen LogP contribution in [0.4, 0.5) is 0 Å². The molecular formula is C38H38N2O7S. The molecular weight excluding hydrogens is 628 g/mol. The second-order valence-corrected chi connectivity index (χ2v) is 12.8. The van der Waals surface area contributed by atoms with E-state index in [0.29, 0.717) is 38.9 Å². The molecule has 248 valence electrons. The molecule has 2 aromatic heterocycles. The van der Waals surface area contributed by atoms with Crippen molar-refractivity contribution in [3.63, 3.8) is 0 Å². The maximum absolute atomic E-state index is 14.0. The van der Waals surface area contributed by atoms with E-state index in [4.69, 9.17) is 22.8 Å². The quantitative estimate of drug-likeness (QED) is 0.107. The third kappa shape index (κ3) is 6.55. The van der Waals surface area contributed by atoms with Crippen LogP contribution in [0.15, 0.2) is 113 Å². The lowest BCUT2D eigenvalue weighted by Crippen LogP contribution is -2.34. The monoisotopic (exact) mass is 666 g/mol. The van der Waals surface area contributed by atoms with E-state index in [1.165, 1.54) is 0 Å². The smallest absolute Gasteiger partial charge is 0.342 e. The molecule has 1 unspecified atom stereocenters. The number of carbonyl (C=O) groups is 2. The highest BCUT2D eigenvalue weighted by molar-refractivity contribution is 8.26. The lowest BCUT2D eigenvalue weighted by atomic mass is 10.0. The molecule has 0 N–H and O–H groups in total. The highest BCUT2D eigenvalue weighted by Crippen LogP contribution is 2.66. The third-order valence-corrected chi connectivity index (χ3v) is 10.4. The van der Waals surface area contributed by atoms with Crippen LogP contribution in [0.2, 0.25) is 0 Å². The number of fused-ring (bicyclic) bond motifs is 4. The Bertz CT molecular complexity index is 1980. The van der Waals surface area contributed by atoms with E-state index in [1.54, 1.807) is 16.7 Å². The highest BCUT2D eigenvalue weighted by atomic mass is 32.3. The van der Waals surface area contributed by atoms with Gasteiger partial charge < -0.3 is 14.0 Å². The molecule has 0 fully saturated rings. The Morgan fingerprint density at radius 1 is 1.02 bits per heavy atom. The average molecular weight is 667 g/mol. The molecule has 4 heterocycles. The Labute approximate surface area is 281 Å². The van der Waals surface area contributed by atoms with Gasteiger partial charge in [0.25, 0.3) is 5.56 Å². The molecule has 4 aromatic rings. The van der Waals surface area contributed by atoms with Crippen LogP contribution < -0.4 is 16.1 Å². The van der Waals surface area contributed by atoms with Gasteiger partial charge in [-0.1, -0.05) is 75.6 Å². The van der Waals surface area contributed by atoms with Crippen LogP contribution in [0.25, 0.3) is 23.5 Å². The number of benzene rings is 2. The number of cyclic esters (lactones) is 1. The Hall–Kier alpha value is -5.03. The first-order valence-electron chi connectivity index (χ1n) is 15.7. The van der Waals surface area contributed by atoms with Gasteiger partial charge in [-0.15, -0.1) is 10.6 Å². The SMILES string of the molecule is C=C/C=c1/nc2c(c/c1=C/C)Cn1c-2cc2c(c1=O)COC(=O)C2OS(OCCOC(=O)C=C)(c1ccccc1)c1ccccc1.CC. The van der Waals surface area contributed by atoms with Crippen LogP contribution in [0.5, 0.6) is 0 Å². The minimum atomic E-state index is -2.91. The van der Waals surface area contributed by atoms with Gasteiger partial charge in [-0.2, -0.15) is 0 Å². The predicted molar refractivity (Wildman–Crippen MR) is 186 cm³/mol. The molecule has 2 aliphatic heterocycles. The maximum Gasteiger partial charge on any atom is 0.342 e. The normalized spacial score (nSPS) is 15.6. The summed E-state index contributed by atoms with van der Waals surface area (Å²) in [6.45, 7) is 13.2. The average Bonchev–Trinajstić information content (AvgIpc) is 3.49. The Balaban J connectivity index is 0.00000221. The van der Waals surface area contributed by atoms with E-state index in [9.17, 15) is 14.4 Å². The fraction of sp³-hybridized carbons (Fsp3) is 0.211. The summed E-state index contributed by atoms with van der Waals surface area (Å²) in [5.41, 5.74) is 2.58. The van der Waals surface area contributed by atoms with Crippen molar-refractivity contribution in [1.82, 2.24) is 9.55 Å². The lowest BCUT2D eigenvalue weighted by Gasteiger charge is -2.45. The van der Waals surface area contributed by atoms with E-state index in [2.05, 4.69) is 13.2 Å². The molecule has 2 aliphatic rings. The van der Waals surface area contributed by atoms with E-state index in [1.807, 2.05) is 99.7 Å².